The zero-order chi connectivity index (χ0) is 22.0. The van der Waals surface area contributed by atoms with Crippen molar-refractivity contribution in [2.75, 3.05) is 5.32 Å². The number of nitro groups is 1. The van der Waals surface area contributed by atoms with Crippen LogP contribution in [0.5, 0.6) is 0 Å². The number of amides is 1. The lowest BCUT2D eigenvalue weighted by Gasteiger charge is -2.11. The Bertz CT molecular complexity index is 1280. The minimum Gasteiger partial charge on any atom is -0.434 e. The Morgan fingerprint density at radius 2 is 1.90 bits per heavy atom. The van der Waals surface area contributed by atoms with Gasteiger partial charge in [0, 0.05) is 34.6 Å². The molecule has 2 aromatic heterocycles. The third-order valence-corrected chi connectivity index (χ3v) is 4.73. The maximum Gasteiger partial charge on any atom is 0.273 e. The lowest BCUT2D eigenvalue weighted by Crippen LogP contribution is -2.34. The van der Waals surface area contributed by atoms with Crippen LogP contribution >= 0.6 is 12.2 Å². The molecule has 0 atom stereocenters. The molecule has 0 unspecified atom stereocenters. The maximum atomic E-state index is 12.5. The van der Waals surface area contributed by atoms with Gasteiger partial charge in [-0.05, 0) is 61.6 Å². The molecular weight excluding hydrogens is 418 g/mol. The summed E-state index contributed by atoms with van der Waals surface area (Å²) in [4.78, 5) is 31.5. The molecule has 31 heavy (non-hydrogen) atoms. The largest absolute Gasteiger partial charge is 0.434 e. The fourth-order valence-corrected chi connectivity index (χ4v) is 3.20. The lowest BCUT2D eigenvalue weighted by atomic mass is 10.1. The first-order chi connectivity index (χ1) is 14.9. The highest BCUT2D eigenvalue weighted by Crippen LogP contribution is 2.24. The summed E-state index contributed by atoms with van der Waals surface area (Å²) in [5, 5.41) is 16.6. The van der Waals surface area contributed by atoms with Crippen LogP contribution in [0, 0.1) is 17.0 Å². The maximum absolute atomic E-state index is 12.5. The molecule has 0 spiro atoms. The van der Waals surface area contributed by atoms with Crippen molar-refractivity contribution >= 4 is 45.8 Å². The van der Waals surface area contributed by atoms with Crippen molar-refractivity contribution in [3.05, 3.63) is 82.0 Å². The van der Waals surface area contributed by atoms with E-state index in [4.69, 9.17) is 16.6 Å². The molecule has 0 aliphatic carbocycles. The number of thiocarbonyl (C=S) groups is 1. The average molecular weight is 433 g/mol. The van der Waals surface area contributed by atoms with Crippen molar-refractivity contribution in [3.8, 4) is 11.5 Å². The van der Waals surface area contributed by atoms with Crippen LogP contribution in [0.4, 0.5) is 11.4 Å². The van der Waals surface area contributed by atoms with Crippen molar-refractivity contribution in [1.29, 1.82) is 0 Å². The molecule has 1 amide bonds. The van der Waals surface area contributed by atoms with Gasteiger partial charge < -0.3 is 9.73 Å². The monoisotopic (exact) mass is 433 g/mol. The van der Waals surface area contributed by atoms with Crippen LogP contribution in [0.1, 0.15) is 15.9 Å². The summed E-state index contributed by atoms with van der Waals surface area (Å²) < 4.78 is 5.69. The molecule has 0 saturated heterocycles. The first-order valence-corrected chi connectivity index (χ1v) is 9.51. The first-order valence-electron chi connectivity index (χ1n) is 9.10. The fourth-order valence-electron chi connectivity index (χ4n) is 2.99. The molecule has 0 radical (unpaired) electrons. The predicted molar refractivity (Wildman–Crippen MR) is 119 cm³/mol. The number of oxazole rings is 1. The highest BCUT2D eigenvalue weighted by atomic mass is 32.1. The second-order valence-corrected chi connectivity index (χ2v) is 6.94. The van der Waals surface area contributed by atoms with Gasteiger partial charge in [-0.2, -0.15) is 4.98 Å². The van der Waals surface area contributed by atoms with Crippen LogP contribution in [-0.4, -0.2) is 25.9 Å². The Balaban J connectivity index is 1.44. The van der Waals surface area contributed by atoms with Gasteiger partial charge in [0.25, 0.3) is 11.6 Å². The van der Waals surface area contributed by atoms with Gasteiger partial charge in [0.1, 0.15) is 0 Å². The summed E-state index contributed by atoms with van der Waals surface area (Å²) >= 11 is 5.19. The minimum atomic E-state index is -0.533. The van der Waals surface area contributed by atoms with Gasteiger partial charge >= 0.3 is 0 Å². The van der Waals surface area contributed by atoms with E-state index in [9.17, 15) is 14.9 Å². The fraction of sp³-hybridized carbons (Fsp3) is 0.0476. The summed E-state index contributed by atoms with van der Waals surface area (Å²) in [5.74, 6) is -0.0911. The van der Waals surface area contributed by atoms with Gasteiger partial charge in [0.2, 0.25) is 5.89 Å². The third kappa shape index (κ3) is 4.23. The van der Waals surface area contributed by atoms with Gasteiger partial charge in [-0.15, -0.1) is 0 Å². The topological polar surface area (TPSA) is 123 Å². The molecule has 4 rings (SSSR count). The Hall–Kier alpha value is -4.18. The summed E-state index contributed by atoms with van der Waals surface area (Å²) in [6, 6.07) is 15.0. The number of anilines is 1. The molecular formula is C21H15N5O4S. The van der Waals surface area contributed by atoms with Crippen LogP contribution in [0.3, 0.4) is 0 Å². The number of rotatable bonds is 4. The molecule has 9 nitrogen and oxygen atoms in total. The molecule has 0 bridgehead atoms. The van der Waals surface area contributed by atoms with Gasteiger partial charge in [0.15, 0.2) is 16.3 Å². The number of benzene rings is 2. The standard InChI is InChI=1S/C21H15N5O4S/c1-12-15(4-2-5-16(12)26(28)29)19(27)25-21(31)23-14-9-7-13(8-10-14)20-24-18-17(30-20)6-3-11-22-18/h2-11H,1H3,(H2,23,25,27,31). The van der Waals surface area contributed by atoms with E-state index >= 15 is 0 Å². The van der Waals surface area contributed by atoms with Gasteiger partial charge in [-0.1, -0.05) is 6.07 Å². The molecule has 0 fully saturated rings. The number of aromatic nitrogens is 2. The van der Waals surface area contributed by atoms with E-state index in [1.54, 1.807) is 42.6 Å². The van der Waals surface area contributed by atoms with Crippen LogP contribution in [0.2, 0.25) is 0 Å². The number of fused-ring (bicyclic) bond motifs is 1. The molecule has 10 heteroatoms. The number of carbonyl (C=O) groups excluding carboxylic acids is 1. The molecule has 0 aliphatic rings. The third-order valence-electron chi connectivity index (χ3n) is 4.53. The Kier molecular flexibility index (Phi) is 5.37. The minimum absolute atomic E-state index is 0.0646. The summed E-state index contributed by atoms with van der Waals surface area (Å²) in [6.45, 7) is 1.52. The van der Waals surface area contributed by atoms with Crippen molar-refractivity contribution in [1.82, 2.24) is 15.3 Å². The quantitative estimate of drug-likeness (QED) is 0.278. The molecule has 0 saturated carbocycles. The molecule has 154 valence electrons. The van der Waals surface area contributed by atoms with E-state index in [1.807, 2.05) is 0 Å². The van der Waals surface area contributed by atoms with E-state index in [0.29, 0.717) is 22.8 Å². The molecule has 4 aromatic rings. The van der Waals surface area contributed by atoms with E-state index in [0.717, 1.165) is 5.56 Å². The predicted octanol–water partition coefficient (Wildman–Crippen LogP) is 4.23. The van der Waals surface area contributed by atoms with Crippen LogP contribution in [0.15, 0.2) is 65.2 Å². The number of nitrogens with zero attached hydrogens (tertiary/aromatic N) is 3. The van der Waals surface area contributed by atoms with Gasteiger partial charge in [-0.3, -0.25) is 20.2 Å². The highest BCUT2D eigenvalue weighted by molar-refractivity contribution is 7.80. The number of hydrogen-bond acceptors (Lipinski definition) is 7. The highest BCUT2D eigenvalue weighted by Gasteiger charge is 2.18. The second-order valence-electron chi connectivity index (χ2n) is 6.54. The number of nitrogens with one attached hydrogen (secondary N) is 2. The Morgan fingerprint density at radius 1 is 1.13 bits per heavy atom. The normalized spacial score (nSPS) is 10.6. The molecule has 2 aromatic carbocycles. The second kappa shape index (κ2) is 8.28. The molecule has 0 aliphatic heterocycles. The Morgan fingerprint density at radius 3 is 2.61 bits per heavy atom. The van der Waals surface area contributed by atoms with Crippen LogP contribution < -0.4 is 10.6 Å². The molecule has 2 N–H and O–H groups in total. The summed E-state index contributed by atoms with van der Waals surface area (Å²) in [5.41, 5.74) is 2.84. The lowest BCUT2D eigenvalue weighted by molar-refractivity contribution is -0.385. The van der Waals surface area contributed by atoms with Crippen molar-refractivity contribution in [3.63, 3.8) is 0 Å². The van der Waals surface area contributed by atoms with Gasteiger partial charge in [0.05, 0.1) is 4.92 Å². The van der Waals surface area contributed by atoms with E-state index in [-0.39, 0.29) is 21.9 Å². The summed E-state index contributed by atoms with van der Waals surface area (Å²) in [7, 11) is 0. The molecule has 2 heterocycles. The van der Waals surface area contributed by atoms with E-state index < -0.39 is 10.8 Å². The number of hydrogen-bond donors (Lipinski definition) is 2. The van der Waals surface area contributed by atoms with E-state index in [2.05, 4.69) is 20.6 Å². The SMILES string of the molecule is Cc1c(C(=O)NC(=S)Nc2ccc(-c3nc4ncccc4o3)cc2)cccc1[N+](=O)[O-]. The average Bonchev–Trinajstić information content (AvgIpc) is 3.18. The summed E-state index contributed by atoms with van der Waals surface area (Å²) in [6.07, 6.45) is 1.64. The number of pyridine rings is 1. The number of carbonyl (C=O) groups is 1. The Labute approximate surface area is 181 Å². The zero-order valence-corrected chi connectivity index (χ0v) is 17.0. The smallest absolute Gasteiger partial charge is 0.273 e. The number of nitro benzene ring substituents is 1. The zero-order valence-electron chi connectivity index (χ0n) is 16.2. The van der Waals surface area contributed by atoms with Crippen molar-refractivity contribution < 1.29 is 14.1 Å². The van der Waals surface area contributed by atoms with Crippen molar-refractivity contribution in [2.45, 2.75) is 6.92 Å². The van der Waals surface area contributed by atoms with Crippen LogP contribution in [0.25, 0.3) is 22.7 Å². The van der Waals surface area contributed by atoms with Crippen molar-refractivity contribution in [2.24, 2.45) is 0 Å². The van der Waals surface area contributed by atoms with Crippen LogP contribution in [-0.2, 0) is 0 Å². The van der Waals surface area contributed by atoms with Gasteiger partial charge in [-0.25, -0.2) is 4.98 Å². The first kappa shape index (κ1) is 20.1. The van der Waals surface area contributed by atoms with E-state index in [1.165, 1.54) is 25.1 Å².